The Morgan fingerprint density at radius 2 is 1.76 bits per heavy atom. The Morgan fingerprint density at radius 1 is 1.13 bits per heavy atom. The van der Waals surface area contributed by atoms with Crippen LogP contribution < -0.4 is 0 Å². The number of hydrogen-bond donors (Lipinski definition) is 2. The smallest absolute Gasteiger partial charge is 0.430 e. The fraction of sp³-hybridized carbons (Fsp3) is 0.538. The van der Waals surface area contributed by atoms with E-state index in [0.717, 1.165) is 0 Å². The summed E-state index contributed by atoms with van der Waals surface area (Å²) in [7, 11) is 0. The molecule has 2 N–H and O–H groups in total. The molecule has 248 valence electrons. The number of benzene rings is 1. The second-order valence-electron chi connectivity index (χ2n) is 11.3. The quantitative estimate of drug-likeness (QED) is 0.233. The van der Waals surface area contributed by atoms with Crippen LogP contribution in [-0.2, 0) is 23.4 Å². The van der Waals surface area contributed by atoms with Crippen LogP contribution in [0.25, 0.3) is 21.3 Å². The third-order valence-electron chi connectivity index (χ3n) is 7.29. The van der Waals surface area contributed by atoms with Gasteiger partial charge in [-0.2, -0.15) is 26.3 Å². The first-order chi connectivity index (χ1) is 20.5. The highest BCUT2D eigenvalue weighted by atomic mass is 32.1. The van der Waals surface area contributed by atoms with Crippen molar-refractivity contribution in [1.82, 2.24) is 20.1 Å². The minimum atomic E-state index is -6.34. The van der Waals surface area contributed by atoms with Crippen LogP contribution >= 0.6 is 11.3 Å². The van der Waals surface area contributed by atoms with Gasteiger partial charge in [-0.1, -0.05) is 12.1 Å². The Balaban J connectivity index is 1.86. The summed E-state index contributed by atoms with van der Waals surface area (Å²) in [5.74, 6) is -4.78. The zero-order valence-corrected chi connectivity index (χ0v) is 24.2. The molecule has 0 aliphatic carbocycles. The van der Waals surface area contributed by atoms with Gasteiger partial charge in [-0.05, 0) is 26.8 Å². The maximum Gasteiger partial charge on any atom is 0.430 e. The summed E-state index contributed by atoms with van der Waals surface area (Å²) >= 11 is 0.566. The molecule has 1 fully saturated rings. The summed E-state index contributed by atoms with van der Waals surface area (Å²) in [6.07, 6.45) is -17.1. The summed E-state index contributed by atoms with van der Waals surface area (Å²) < 4.78 is 143. The van der Waals surface area contributed by atoms with Crippen molar-refractivity contribution in [2.24, 2.45) is 5.41 Å². The van der Waals surface area contributed by atoms with Crippen molar-refractivity contribution < 1.29 is 63.3 Å². The second kappa shape index (κ2) is 11.5. The number of hydrogen-bond acceptors (Lipinski definition) is 8. The molecule has 2 aromatic heterocycles. The van der Waals surface area contributed by atoms with Gasteiger partial charge >= 0.3 is 18.3 Å². The number of thiazole rings is 1. The molecule has 0 unspecified atom stereocenters. The van der Waals surface area contributed by atoms with E-state index in [1.807, 2.05) is 0 Å². The van der Waals surface area contributed by atoms with E-state index in [1.54, 1.807) is 0 Å². The van der Waals surface area contributed by atoms with Crippen molar-refractivity contribution >= 4 is 17.3 Å². The van der Waals surface area contributed by atoms with Crippen LogP contribution in [0, 0.1) is 5.41 Å². The van der Waals surface area contributed by atoms with E-state index >= 15 is 0 Å². The molecule has 1 aliphatic heterocycles. The molecular formula is C26H24F10N4O4S. The van der Waals surface area contributed by atoms with Gasteiger partial charge < -0.3 is 14.6 Å². The molecule has 0 radical (unpaired) electrons. The van der Waals surface area contributed by atoms with Crippen molar-refractivity contribution in [2.45, 2.75) is 76.5 Å². The summed E-state index contributed by atoms with van der Waals surface area (Å²) in [5, 5.41) is 26.5. The van der Waals surface area contributed by atoms with Crippen molar-refractivity contribution in [3.05, 3.63) is 40.9 Å². The maximum absolute atomic E-state index is 14.3. The highest BCUT2D eigenvalue weighted by molar-refractivity contribution is 7.18. The highest BCUT2D eigenvalue weighted by Gasteiger charge is 2.71. The number of aliphatic carboxylic acids is 1. The van der Waals surface area contributed by atoms with Crippen molar-refractivity contribution in [1.29, 1.82) is 0 Å². The third kappa shape index (κ3) is 6.65. The fourth-order valence-corrected chi connectivity index (χ4v) is 5.81. The molecule has 8 nitrogen and oxygen atoms in total. The molecule has 4 rings (SSSR count). The molecule has 0 bridgehead atoms. The van der Waals surface area contributed by atoms with Crippen LogP contribution in [0.2, 0.25) is 0 Å². The number of carbonyl (C=O) groups is 1. The van der Waals surface area contributed by atoms with Crippen LogP contribution in [0.5, 0.6) is 0 Å². The third-order valence-corrected chi connectivity index (χ3v) is 8.41. The molecule has 1 aromatic carbocycles. The maximum atomic E-state index is 14.3. The standard InChI is InChI=1S/C26H24F10N4O4S/c1-11-7-23(29,30)10-40(11)9-15-17(45-20(37-15)19-39-38-16(44-19)8-22(2,3)21(41)42)13-5-4-12(6-14(13)18(27)28)24(43,25(31,32)33)26(34,35)36/h4-6,11,18,43H,7-10H2,1-3H3,(H,41,42)/t11-/m0/s1. The lowest BCUT2D eigenvalue weighted by atomic mass is 9.89. The number of aliphatic hydroxyl groups is 1. The first kappa shape index (κ1) is 34.6. The van der Waals surface area contributed by atoms with Gasteiger partial charge in [0, 0.05) is 42.1 Å². The number of nitrogens with zero attached hydrogens (tertiary/aromatic N) is 4. The fourth-order valence-electron chi connectivity index (χ4n) is 4.77. The highest BCUT2D eigenvalue weighted by Crippen LogP contribution is 2.51. The van der Waals surface area contributed by atoms with Gasteiger partial charge in [0.25, 0.3) is 23.8 Å². The van der Waals surface area contributed by atoms with E-state index in [-0.39, 0.29) is 45.9 Å². The van der Waals surface area contributed by atoms with Gasteiger partial charge in [0.05, 0.1) is 22.5 Å². The van der Waals surface area contributed by atoms with E-state index in [2.05, 4.69) is 15.2 Å². The van der Waals surface area contributed by atoms with E-state index < -0.39 is 83.9 Å². The summed E-state index contributed by atoms with van der Waals surface area (Å²) in [6.45, 7) is 3.08. The van der Waals surface area contributed by atoms with Gasteiger partial charge in [-0.15, -0.1) is 21.5 Å². The average molecular weight is 679 g/mol. The number of carboxylic acid groups (broad SMARTS) is 1. The van der Waals surface area contributed by atoms with Crippen LogP contribution in [0.3, 0.4) is 0 Å². The Bertz CT molecular complexity index is 1550. The van der Waals surface area contributed by atoms with Crippen LogP contribution in [-0.4, -0.2) is 67.1 Å². The molecular weight excluding hydrogens is 654 g/mol. The summed E-state index contributed by atoms with van der Waals surface area (Å²) in [5.41, 5.74) is -10.8. The molecule has 1 saturated heterocycles. The van der Waals surface area contributed by atoms with Gasteiger partial charge in [0.1, 0.15) is 0 Å². The van der Waals surface area contributed by atoms with E-state index in [1.165, 1.54) is 25.7 Å². The van der Waals surface area contributed by atoms with E-state index in [9.17, 15) is 58.9 Å². The SMILES string of the molecule is C[C@H]1CC(F)(F)CN1Cc1nc(-c2nnc(CC(C)(C)C(=O)O)o2)sc1-c1ccc(C(O)(C(F)(F)F)C(F)(F)F)cc1C(F)F. The molecule has 45 heavy (non-hydrogen) atoms. The molecule has 0 spiro atoms. The predicted octanol–water partition coefficient (Wildman–Crippen LogP) is 6.99. The van der Waals surface area contributed by atoms with Crippen LogP contribution in [0.15, 0.2) is 22.6 Å². The Labute approximate surface area is 251 Å². The minimum Gasteiger partial charge on any atom is -0.481 e. The van der Waals surface area contributed by atoms with Crippen molar-refractivity contribution in [2.75, 3.05) is 6.54 Å². The van der Waals surface area contributed by atoms with Crippen LogP contribution in [0.1, 0.15) is 56.3 Å². The number of likely N-dealkylation sites (tertiary alicyclic amines) is 1. The second-order valence-corrected chi connectivity index (χ2v) is 12.3. The zero-order valence-electron chi connectivity index (χ0n) is 23.4. The monoisotopic (exact) mass is 678 g/mol. The molecule has 1 aliphatic rings. The molecule has 3 aromatic rings. The Hall–Kier alpha value is -3.32. The first-order valence-electron chi connectivity index (χ1n) is 12.9. The molecule has 1 atom stereocenters. The Morgan fingerprint density at radius 3 is 2.27 bits per heavy atom. The predicted molar refractivity (Wildman–Crippen MR) is 136 cm³/mol. The largest absolute Gasteiger partial charge is 0.481 e. The lowest BCUT2D eigenvalue weighted by Crippen LogP contribution is -2.54. The zero-order chi connectivity index (χ0) is 33.9. The lowest BCUT2D eigenvalue weighted by Gasteiger charge is -2.33. The van der Waals surface area contributed by atoms with E-state index in [0.29, 0.717) is 17.4 Å². The number of aromatic nitrogens is 3. The normalized spacial score (nSPS) is 18.2. The van der Waals surface area contributed by atoms with Crippen molar-refractivity contribution in [3.63, 3.8) is 0 Å². The topological polar surface area (TPSA) is 113 Å². The molecule has 0 amide bonds. The van der Waals surface area contributed by atoms with Gasteiger partial charge in [0.2, 0.25) is 5.89 Å². The number of carboxylic acids is 1. The van der Waals surface area contributed by atoms with Gasteiger partial charge in [0.15, 0.2) is 5.01 Å². The number of alkyl halides is 10. The first-order valence-corrected chi connectivity index (χ1v) is 13.7. The van der Waals surface area contributed by atoms with Gasteiger partial charge in [-0.3, -0.25) is 9.69 Å². The average Bonchev–Trinajstić information content (AvgIpc) is 3.58. The van der Waals surface area contributed by atoms with E-state index in [4.69, 9.17) is 4.42 Å². The van der Waals surface area contributed by atoms with Crippen molar-refractivity contribution in [3.8, 4) is 21.3 Å². The number of halogens is 10. The van der Waals surface area contributed by atoms with Crippen LogP contribution in [0.4, 0.5) is 43.9 Å². The Kier molecular flexibility index (Phi) is 8.82. The summed E-state index contributed by atoms with van der Waals surface area (Å²) in [4.78, 5) is 16.8. The summed E-state index contributed by atoms with van der Waals surface area (Å²) in [6, 6.07) is -0.125. The molecule has 0 saturated carbocycles. The molecule has 19 heteroatoms. The lowest BCUT2D eigenvalue weighted by molar-refractivity contribution is -0.376. The number of rotatable bonds is 9. The minimum absolute atomic E-state index is 0.116. The van der Waals surface area contributed by atoms with Gasteiger partial charge in [-0.25, -0.2) is 22.5 Å². The molecule has 3 heterocycles.